The largest absolute Gasteiger partial charge is 0.478 e. The van der Waals surface area contributed by atoms with Crippen LogP contribution in [0.5, 0.6) is 5.75 Å². The maximum absolute atomic E-state index is 14.1. The molecule has 0 spiro atoms. The Morgan fingerprint density at radius 2 is 1.79 bits per heavy atom. The number of carbonyl (C=O) groups is 1. The van der Waals surface area contributed by atoms with E-state index in [2.05, 4.69) is 14.9 Å². The molecule has 0 unspecified atom stereocenters. The van der Waals surface area contributed by atoms with Crippen molar-refractivity contribution < 1.29 is 22.7 Å². The summed E-state index contributed by atoms with van der Waals surface area (Å²) in [5.74, 6) is -1.99. The molecule has 1 aliphatic heterocycles. The van der Waals surface area contributed by atoms with Crippen LogP contribution in [0.25, 0.3) is 22.1 Å². The number of ether oxygens (including phenoxy) is 1. The summed E-state index contributed by atoms with van der Waals surface area (Å²) in [5, 5.41) is -0.163. The number of carbonyl (C=O) groups excluding carboxylic acids is 1. The van der Waals surface area contributed by atoms with E-state index in [1.54, 1.807) is 23.2 Å². The number of piperazine rings is 1. The van der Waals surface area contributed by atoms with Gasteiger partial charge in [0.2, 0.25) is 5.75 Å². The standard InChI is InChI=1S/C26H23Cl2F2N5O3/c1-13(20-21(27)17(29)9-18(30)22(20)28)38-24-23-15(11-33-25(24)31)16(12-37-23)14-3-4-19(32-10-14)26(36)35-7-5-34(2)6-8-35/h3-4,9-13H,5-8H2,1-2H3,(H2,31,33)/t13-/m1/s1. The molecule has 1 aromatic carbocycles. The highest BCUT2D eigenvalue weighted by Gasteiger charge is 2.26. The van der Waals surface area contributed by atoms with E-state index in [9.17, 15) is 13.6 Å². The average Bonchev–Trinajstić information content (AvgIpc) is 3.34. The third kappa shape index (κ3) is 4.75. The van der Waals surface area contributed by atoms with Crippen LogP contribution in [-0.2, 0) is 0 Å². The van der Waals surface area contributed by atoms with Gasteiger partial charge in [-0.05, 0) is 20.0 Å². The molecule has 198 valence electrons. The number of furan rings is 1. The first-order valence-electron chi connectivity index (χ1n) is 11.7. The average molecular weight is 562 g/mol. The summed E-state index contributed by atoms with van der Waals surface area (Å²) in [6, 6.07) is 4.05. The lowest BCUT2D eigenvalue weighted by Crippen LogP contribution is -2.47. The second-order valence-electron chi connectivity index (χ2n) is 9.03. The minimum Gasteiger partial charge on any atom is -0.478 e. The van der Waals surface area contributed by atoms with Crippen LogP contribution >= 0.6 is 23.2 Å². The lowest BCUT2D eigenvalue weighted by Gasteiger charge is -2.32. The van der Waals surface area contributed by atoms with Crippen LogP contribution < -0.4 is 10.5 Å². The third-order valence-corrected chi connectivity index (χ3v) is 7.30. The number of rotatable bonds is 5. The fraction of sp³-hybridized carbons (Fsp3) is 0.269. The summed E-state index contributed by atoms with van der Waals surface area (Å²) in [6.45, 7) is 4.46. The Morgan fingerprint density at radius 3 is 2.42 bits per heavy atom. The molecule has 38 heavy (non-hydrogen) atoms. The second kappa shape index (κ2) is 10.4. The predicted molar refractivity (Wildman–Crippen MR) is 140 cm³/mol. The van der Waals surface area contributed by atoms with Crippen molar-refractivity contribution in [2.24, 2.45) is 0 Å². The van der Waals surface area contributed by atoms with Crippen molar-refractivity contribution in [2.75, 3.05) is 39.0 Å². The molecule has 0 bridgehead atoms. The number of nitrogens with zero attached hydrogens (tertiary/aromatic N) is 4. The monoisotopic (exact) mass is 561 g/mol. The van der Waals surface area contributed by atoms with E-state index in [1.807, 2.05) is 7.05 Å². The van der Waals surface area contributed by atoms with E-state index < -0.39 is 17.7 Å². The van der Waals surface area contributed by atoms with Crippen molar-refractivity contribution in [3.63, 3.8) is 0 Å². The molecule has 8 nitrogen and oxygen atoms in total. The summed E-state index contributed by atoms with van der Waals surface area (Å²) in [6.07, 6.45) is 3.60. The first-order chi connectivity index (χ1) is 18.2. The number of hydrogen-bond donors (Lipinski definition) is 1. The topological polar surface area (TPSA) is 97.7 Å². The SMILES string of the molecule is C[C@@H](Oc1c(N)ncc2c(-c3ccc(C(=O)N4CCN(C)CC4)nc3)coc12)c1c(Cl)c(F)cc(F)c1Cl. The molecular formula is C26H23Cl2F2N5O3. The number of hydrogen-bond acceptors (Lipinski definition) is 7. The Kier molecular flexibility index (Phi) is 7.13. The predicted octanol–water partition coefficient (Wildman–Crippen LogP) is 5.58. The smallest absolute Gasteiger partial charge is 0.272 e. The lowest BCUT2D eigenvalue weighted by molar-refractivity contribution is 0.0658. The molecule has 5 rings (SSSR count). The minimum absolute atomic E-state index is 0.000570. The highest BCUT2D eigenvalue weighted by Crippen LogP contribution is 2.42. The van der Waals surface area contributed by atoms with Gasteiger partial charge in [0, 0.05) is 61.3 Å². The molecule has 1 atom stereocenters. The molecule has 1 aliphatic rings. The van der Waals surface area contributed by atoms with Gasteiger partial charge in [0.05, 0.1) is 21.7 Å². The summed E-state index contributed by atoms with van der Waals surface area (Å²) in [4.78, 5) is 25.4. The van der Waals surface area contributed by atoms with E-state index in [4.69, 9.17) is 38.1 Å². The normalized spacial score (nSPS) is 15.2. The molecule has 4 heterocycles. The molecule has 2 N–H and O–H groups in total. The number of likely N-dealkylation sites (N-methyl/N-ethyl adjacent to an activating group) is 1. The van der Waals surface area contributed by atoms with E-state index in [-0.39, 0.29) is 38.7 Å². The highest BCUT2D eigenvalue weighted by atomic mass is 35.5. The van der Waals surface area contributed by atoms with E-state index in [0.717, 1.165) is 13.1 Å². The van der Waals surface area contributed by atoms with Crippen molar-refractivity contribution in [1.82, 2.24) is 19.8 Å². The molecule has 12 heteroatoms. The van der Waals surface area contributed by atoms with Crippen LogP contribution in [-0.4, -0.2) is 58.9 Å². The maximum Gasteiger partial charge on any atom is 0.272 e. The molecule has 0 aliphatic carbocycles. The number of fused-ring (bicyclic) bond motifs is 1. The minimum atomic E-state index is -0.995. The van der Waals surface area contributed by atoms with E-state index in [0.29, 0.717) is 41.4 Å². The van der Waals surface area contributed by atoms with E-state index in [1.165, 1.54) is 19.4 Å². The molecule has 0 saturated carbocycles. The van der Waals surface area contributed by atoms with Gasteiger partial charge in [-0.2, -0.15) is 0 Å². The maximum atomic E-state index is 14.1. The Morgan fingerprint density at radius 1 is 1.11 bits per heavy atom. The van der Waals surface area contributed by atoms with Crippen molar-refractivity contribution in [3.8, 4) is 16.9 Å². The summed E-state index contributed by atoms with van der Waals surface area (Å²) >= 11 is 12.1. The zero-order valence-electron chi connectivity index (χ0n) is 20.5. The molecular weight excluding hydrogens is 539 g/mol. The second-order valence-corrected chi connectivity index (χ2v) is 9.79. The molecule has 4 aromatic rings. The van der Waals surface area contributed by atoms with Gasteiger partial charge in [0.25, 0.3) is 5.91 Å². The van der Waals surface area contributed by atoms with Gasteiger partial charge in [-0.15, -0.1) is 0 Å². The fourth-order valence-electron chi connectivity index (χ4n) is 4.35. The number of benzene rings is 1. The highest BCUT2D eigenvalue weighted by molar-refractivity contribution is 6.36. The Hall–Kier alpha value is -3.47. The van der Waals surface area contributed by atoms with E-state index >= 15 is 0 Å². The number of aromatic nitrogens is 2. The number of amides is 1. The van der Waals surface area contributed by atoms with Crippen LogP contribution in [0.2, 0.25) is 10.0 Å². The van der Waals surface area contributed by atoms with Gasteiger partial charge in [0.1, 0.15) is 23.4 Å². The summed E-state index contributed by atoms with van der Waals surface area (Å²) < 4.78 is 39.9. The van der Waals surface area contributed by atoms with Crippen LogP contribution in [0.1, 0.15) is 29.1 Å². The number of nitrogen functional groups attached to an aromatic ring is 1. The van der Waals surface area contributed by atoms with Gasteiger partial charge in [-0.3, -0.25) is 9.78 Å². The molecule has 1 amide bonds. The van der Waals surface area contributed by atoms with Crippen molar-refractivity contribution in [1.29, 1.82) is 0 Å². The molecule has 1 saturated heterocycles. The molecule has 3 aromatic heterocycles. The first kappa shape index (κ1) is 26.1. The van der Waals surface area contributed by atoms with Crippen LogP contribution in [0.15, 0.2) is 41.3 Å². The van der Waals surface area contributed by atoms with Gasteiger partial charge in [-0.25, -0.2) is 13.8 Å². The van der Waals surface area contributed by atoms with Crippen molar-refractivity contribution in [2.45, 2.75) is 13.0 Å². The molecule has 0 radical (unpaired) electrons. The number of anilines is 1. The van der Waals surface area contributed by atoms with Crippen LogP contribution in [0.3, 0.4) is 0 Å². The lowest BCUT2D eigenvalue weighted by atomic mass is 10.1. The van der Waals surface area contributed by atoms with Crippen LogP contribution in [0, 0.1) is 11.6 Å². The first-order valence-corrected chi connectivity index (χ1v) is 12.5. The van der Waals surface area contributed by atoms with Crippen molar-refractivity contribution in [3.05, 3.63) is 69.8 Å². The Bertz CT molecular complexity index is 1500. The Labute approximate surface area is 226 Å². The van der Waals surface area contributed by atoms with Gasteiger partial charge in [-0.1, -0.05) is 29.3 Å². The summed E-state index contributed by atoms with van der Waals surface area (Å²) in [5.41, 5.74) is 7.93. The van der Waals surface area contributed by atoms with Gasteiger partial charge >= 0.3 is 0 Å². The fourth-order valence-corrected chi connectivity index (χ4v) is 5.01. The van der Waals surface area contributed by atoms with Crippen LogP contribution in [0.4, 0.5) is 14.6 Å². The van der Waals surface area contributed by atoms with Gasteiger partial charge < -0.3 is 24.7 Å². The third-order valence-electron chi connectivity index (χ3n) is 6.53. The summed E-state index contributed by atoms with van der Waals surface area (Å²) in [7, 11) is 2.02. The molecule has 1 fully saturated rings. The number of halogens is 4. The zero-order valence-corrected chi connectivity index (χ0v) is 22.0. The van der Waals surface area contributed by atoms with Gasteiger partial charge in [0.15, 0.2) is 11.4 Å². The Balaban J connectivity index is 1.43. The zero-order chi connectivity index (χ0) is 27.1. The quantitative estimate of drug-likeness (QED) is 0.317. The number of pyridine rings is 2. The number of nitrogens with two attached hydrogens (primary N) is 1. The van der Waals surface area contributed by atoms with Crippen molar-refractivity contribution >= 4 is 45.9 Å².